The molecule has 1 amide bonds. The number of rotatable bonds is 3. The second kappa shape index (κ2) is 5.46. The van der Waals surface area contributed by atoms with Gasteiger partial charge in [0.2, 0.25) is 5.91 Å². The molecular weight excluding hydrogens is 226 g/mol. The lowest BCUT2D eigenvalue weighted by Crippen LogP contribution is -2.06. The SMILES string of the molecule is COC(=O)c1ccc(NC(=O)C=C(C)C)s1. The highest BCUT2D eigenvalue weighted by Gasteiger charge is 2.09. The number of methoxy groups -OCH3 is 1. The summed E-state index contributed by atoms with van der Waals surface area (Å²) in [6.45, 7) is 3.68. The van der Waals surface area contributed by atoms with Crippen molar-refractivity contribution in [1.82, 2.24) is 0 Å². The molecule has 0 aliphatic carbocycles. The van der Waals surface area contributed by atoms with Gasteiger partial charge < -0.3 is 10.1 Å². The highest BCUT2D eigenvalue weighted by atomic mass is 32.1. The molecule has 1 heterocycles. The Labute approximate surface area is 97.9 Å². The summed E-state index contributed by atoms with van der Waals surface area (Å²) in [5.74, 6) is -0.592. The Kier molecular flexibility index (Phi) is 4.25. The van der Waals surface area contributed by atoms with Crippen molar-refractivity contribution in [1.29, 1.82) is 0 Å². The molecule has 0 unspecified atom stereocenters. The summed E-state index contributed by atoms with van der Waals surface area (Å²) in [5, 5.41) is 3.30. The summed E-state index contributed by atoms with van der Waals surface area (Å²) >= 11 is 1.19. The zero-order valence-corrected chi connectivity index (χ0v) is 10.2. The summed E-state index contributed by atoms with van der Waals surface area (Å²) in [7, 11) is 1.32. The fraction of sp³-hybridized carbons (Fsp3) is 0.273. The molecule has 1 aromatic rings. The third-order valence-corrected chi connectivity index (χ3v) is 2.64. The van der Waals surface area contributed by atoms with E-state index in [2.05, 4.69) is 10.1 Å². The molecule has 86 valence electrons. The van der Waals surface area contributed by atoms with Crippen molar-refractivity contribution < 1.29 is 14.3 Å². The van der Waals surface area contributed by atoms with E-state index in [9.17, 15) is 9.59 Å². The minimum atomic E-state index is -0.396. The van der Waals surface area contributed by atoms with E-state index in [0.717, 1.165) is 5.57 Å². The molecule has 0 saturated heterocycles. The van der Waals surface area contributed by atoms with Crippen LogP contribution >= 0.6 is 11.3 Å². The normalized spacial score (nSPS) is 9.44. The maximum absolute atomic E-state index is 11.4. The molecule has 0 aliphatic heterocycles. The van der Waals surface area contributed by atoms with Crippen molar-refractivity contribution in [2.24, 2.45) is 0 Å². The maximum atomic E-state index is 11.4. The second-order valence-corrected chi connectivity index (χ2v) is 4.45. The molecule has 16 heavy (non-hydrogen) atoms. The average molecular weight is 239 g/mol. The predicted molar refractivity (Wildman–Crippen MR) is 63.7 cm³/mol. The van der Waals surface area contributed by atoms with E-state index in [0.29, 0.717) is 9.88 Å². The third-order valence-electron chi connectivity index (χ3n) is 1.66. The largest absolute Gasteiger partial charge is 0.465 e. The molecule has 0 bridgehead atoms. The summed E-state index contributed by atoms with van der Waals surface area (Å²) in [6, 6.07) is 3.29. The molecule has 1 aromatic heterocycles. The quantitative estimate of drug-likeness (QED) is 0.651. The van der Waals surface area contributed by atoms with E-state index >= 15 is 0 Å². The van der Waals surface area contributed by atoms with E-state index in [4.69, 9.17) is 0 Å². The number of nitrogens with one attached hydrogen (secondary N) is 1. The molecule has 0 atom stereocenters. The van der Waals surface area contributed by atoms with Crippen LogP contribution in [0.5, 0.6) is 0 Å². The molecule has 4 nitrogen and oxygen atoms in total. The van der Waals surface area contributed by atoms with Gasteiger partial charge in [0.25, 0.3) is 0 Å². The van der Waals surface area contributed by atoms with Crippen molar-refractivity contribution in [3.8, 4) is 0 Å². The van der Waals surface area contributed by atoms with E-state index in [1.54, 1.807) is 12.1 Å². The van der Waals surface area contributed by atoms with E-state index in [-0.39, 0.29) is 5.91 Å². The maximum Gasteiger partial charge on any atom is 0.348 e. The molecule has 1 rings (SSSR count). The number of hydrogen-bond donors (Lipinski definition) is 1. The topological polar surface area (TPSA) is 55.4 Å². The van der Waals surface area contributed by atoms with Gasteiger partial charge in [0.1, 0.15) is 4.88 Å². The number of anilines is 1. The molecule has 0 aliphatic rings. The Hall–Kier alpha value is -1.62. The first-order valence-corrected chi connectivity index (χ1v) is 5.48. The van der Waals surface area contributed by atoms with Crippen molar-refractivity contribution in [2.45, 2.75) is 13.8 Å². The first-order valence-electron chi connectivity index (χ1n) is 4.67. The molecule has 0 spiro atoms. The Balaban J connectivity index is 2.69. The van der Waals surface area contributed by atoms with Gasteiger partial charge in [-0.05, 0) is 26.0 Å². The van der Waals surface area contributed by atoms with E-state index < -0.39 is 5.97 Å². The van der Waals surface area contributed by atoms with Crippen LogP contribution in [0.1, 0.15) is 23.5 Å². The van der Waals surface area contributed by atoms with Crippen molar-refractivity contribution in [2.75, 3.05) is 12.4 Å². The van der Waals surface area contributed by atoms with Crippen LogP contribution in [-0.4, -0.2) is 19.0 Å². The molecule has 0 fully saturated rings. The number of ether oxygens (including phenoxy) is 1. The van der Waals surface area contributed by atoms with Crippen LogP contribution in [0.3, 0.4) is 0 Å². The van der Waals surface area contributed by atoms with Gasteiger partial charge in [-0.15, -0.1) is 11.3 Å². The fourth-order valence-electron chi connectivity index (χ4n) is 1.04. The number of esters is 1. The van der Waals surface area contributed by atoms with Gasteiger partial charge in [-0.3, -0.25) is 4.79 Å². The van der Waals surface area contributed by atoms with E-state index in [1.165, 1.54) is 24.5 Å². The minimum Gasteiger partial charge on any atom is -0.465 e. The van der Waals surface area contributed by atoms with Gasteiger partial charge in [-0.2, -0.15) is 0 Å². The number of carbonyl (C=O) groups excluding carboxylic acids is 2. The lowest BCUT2D eigenvalue weighted by molar-refractivity contribution is -0.111. The van der Waals surface area contributed by atoms with Crippen LogP contribution in [0.2, 0.25) is 0 Å². The second-order valence-electron chi connectivity index (χ2n) is 3.37. The van der Waals surface area contributed by atoms with Crippen molar-refractivity contribution in [3.63, 3.8) is 0 Å². The zero-order valence-electron chi connectivity index (χ0n) is 9.37. The monoisotopic (exact) mass is 239 g/mol. The van der Waals surface area contributed by atoms with E-state index in [1.807, 2.05) is 13.8 Å². The van der Waals surface area contributed by atoms with Crippen LogP contribution in [0.15, 0.2) is 23.8 Å². The molecule has 1 N–H and O–H groups in total. The van der Waals surface area contributed by atoms with Gasteiger partial charge in [0.05, 0.1) is 12.1 Å². The van der Waals surface area contributed by atoms with Crippen LogP contribution in [-0.2, 0) is 9.53 Å². The van der Waals surface area contributed by atoms with Crippen LogP contribution in [0.4, 0.5) is 5.00 Å². The Morgan fingerprint density at radius 3 is 2.62 bits per heavy atom. The minimum absolute atomic E-state index is 0.196. The predicted octanol–water partition coefficient (Wildman–Crippen LogP) is 2.44. The van der Waals surface area contributed by atoms with Gasteiger partial charge >= 0.3 is 5.97 Å². The number of amides is 1. The molecule has 0 radical (unpaired) electrons. The number of hydrogen-bond acceptors (Lipinski definition) is 4. The van der Waals surface area contributed by atoms with Crippen LogP contribution in [0, 0.1) is 0 Å². The lowest BCUT2D eigenvalue weighted by Gasteiger charge is -1.97. The standard InChI is InChI=1S/C11H13NO3S/c1-7(2)6-9(13)12-10-5-4-8(16-10)11(14)15-3/h4-6H,1-3H3,(H,12,13). The highest BCUT2D eigenvalue weighted by Crippen LogP contribution is 2.22. The number of thiophene rings is 1. The first-order chi connectivity index (χ1) is 7.52. The molecular formula is C11H13NO3S. The highest BCUT2D eigenvalue weighted by molar-refractivity contribution is 7.18. The fourth-order valence-corrected chi connectivity index (χ4v) is 1.86. The number of allylic oxidation sites excluding steroid dienone is 1. The lowest BCUT2D eigenvalue weighted by atomic mass is 10.3. The summed E-state index contributed by atoms with van der Waals surface area (Å²) in [4.78, 5) is 23.0. The van der Waals surface area contributed by atoms with Crippen molar-refractivity contribution >= 4 is 28.2 Å². The molecule has 0 saturated carbocycles. The molecule has 0 aromatic carbocycles. The summed E-state index contributed by atoms with van der Waals surface area (Å²) < 4.78 is 4.57. The zero-order chi connectivity index (χ0) is 12.1. The van der Waals surface area contributed by atoms with Gasteiger partial charge in [-0.1, -0.05) is 5.57 Å². The molecule has 5 heteroatoms. The van der Waals surface area contributed by atoms with Crippen molar-refractivity contribution in [3.05, 3.63) is 28.7 Å². The summed E-state index contributed by atoms with van der Waals surface area (Å²) in [5.41, 5.74) is 0.919. The average Bonchev–Trinajstić information content (AvgIpc) is 2.63. The number of carbonyl (C=O) groups is 2. The van der Waals surface area contributed by atoms with Gasteiger partial charge in [0.15, 0.2) is 0 Å². The van der Waals surface area contributed by atoms with Crippen LogP contribution in [0.25, 0.3) is 0 Å². The van der Waals surface area contributed by atoms with Gasteiger partial charge in [0, 0.05) is 6.08 Å². The Morgan fingerprint density at radius 2 is 2.06 bits per heavy atom. The Bertz CT molecular complexity index is 430. The Morgan fingerprint density at radius 1 is 1.38 bits per heavy atom. The first kappa shape index (κ1) is 12.4. The van der Waals surface area contributed by atoms with Gasteiger partial charge in [-0.25, -0.2) is 4.79 Å². The smallest absolute Gasteiger partial charge is 0.348 e. The van der Waals surface area contributed by atoms with Crippen LogP contribution < -0.4 is 5.32 Å². The third kappa shape index (κ3) is 3.51. The summed E-state index contributed by atoms with van der Waals surface area (Å²) in [6.07, 6.45) is 1.50.